The summed E-state index contributed by atoms with van der Waals surface area (Å²) in [5, 5.41) is 6.03. The third-order valence-electron chi connectivity index (χ3n) is 4.13. The maximum absolute atomic E-state index is 12.7. The van der Waals surface area contributed by atoms with Gasteiger partial charge in [-0.05, 0) is 43.3 Å². The second-order valence-electron chi connectivity index (χ2n) is 5.98. The number of aromatic nitrogens is 1. The summed E-state index contributed by atoms with van der Waals surface area (Å²) in [6.45, 7) is 2.51. The van der Waals surface area contributed by atoms with Gasteiger partial charge in [0.1, 0.15) is 28.6 Å². The van der Waals surface area contributed by atoms with Gasteiger partial charge in [-0.1, -0.05) is 18.2 Å². The lowest BCUT2D eigenvalue weighted by molar-refractivity contribution is 0.102. The number of amides is 1. The summed E-state index contributed by atoms with van der Waals surface area (Å²) < 4.78 is 16.2. The van der Waals surface area contributed by atoms with Crippen molar-refractivity contribution in [1.29, 1.82) is 0 Å². The van der Waals surface area contributed by atoms with Crippen LogP contribution in [-0.4, -0.2) is 31.7 Å². The zero-order chi connectivity index (χ0) is 20.6. The molecule has 0 spiro atoms. The lowest BCUT2D eigenvalue weighted by atomic mass is 10.1. The van der Waals surface area contributed by atoms with Gasteiger partial charge in [-0.2, -0.15) is 0 Å². The highest BCUT2D eigenvalue weighted by Gasteiger charge is 2.18. The molecule has 1 aromatic heterocycles. The zero-order valence-corrected chi connectivity index (χ0v) is 16.6. The molecule has 0 aliphatic rings. The first kappa shape index (κ1) is 20.0. The number of nitrogens with zero attached hydrogens (tertiary/aromatic N) is 1. The highest BCUT2D eigenvalue weighted by molar-refractivity contribution is 6.07. The Balaban J connectivity index is 1.74. The van der Waals surface area contributed by atoms with E-state index in [-0.39, 0.29) is 5.91 Å². The first-order valence-corrected chi connectivity index (χ1v) is 9.13. The van der Waals surface area contributed by atoms with Crippen molar-refractivity contribution in [3.8, 4) is 17.2 Å². The highest BCUT2D eigenvalue weighted by Crippen LogP contribution is 2.30. The van der Waals surface area contributed by atoms with Crippen LogP contribution in [0.2, 0.25) is 0 Å². The number of ether oxygens (including phenoxy) is 3. The largest absolute Gasteiger partial charge is 0.496 e. The van der Waals surface area contributed by atoms with E-state index in [1.807, 2.05) is 37.3 Å². The second kappa shape index (κ2) is 9.45. The molecule has 3 rings (SSSR count). The topological polar surface area (TPSA) is 81.7 Å². The van der Waals surface area contributed by atoms with Gasteiger partial charge in [0.2, 0.25) is 0 Å². The van der Waals surface area contributed by atoms with E-state index < -0.39 is 0 Å². The van der Waals surface area contributed by atoms with Crippen molar-refractivity contribution in [3.63, 3.8) is 0 Å². The van der Waals surface area contributed by atoms with Crippen LogP contribution < -0.4 is 24.8 Å². The molecule has 7 nitrogen and oxygen atoms in total. The molecule has 0 atom stereocenters. The van der Waals surface area contributed by atoms with Crippen LogP contribution in [-0.2, 0) is 0 Å². The van der Waals surface area contributed by atoms with Gasteiger partial charge in [0.15, 0.2) is 0 Å². The number of anilines is 3. The molecular formula is C22H23N3O4. The third kappa shape index (κ3) is 4.76. The van der Waals surface area contributed by atoms with Gasteiger partial charge < -0.3 is 24.8 Å². The molecule has 0 unspecified atom stereocenters. The van der Waals surface area contributed by atoms with E-state index in [4.69, 9.17) is 14.2 Å². The maximum atomic E-state index is 12.7. The second-order valence-corrected chi connectivity index (χ2v) is 5.98. The molecule has 0 saturated heterocycles. The Hall–Kier alpha value is -3.74. The number of para-hydroxylation sites is 2. The summed E-state index contributed by atoms with van der Waals surface area (Å²) in [7, 11) is 3.01. The molecule has 3 aromatic rings. The molecule has 0 bridgehead atoms. The van der Waals surface area contributed by atoms with Gasteiger partial charge in [0.05, 0.1) is 38.4 Å². The van der Waals surface area contributed by atoms with E-state index in [1.165, 1.54) is 14.2 Å². The lowest BCUT2D eigenvalue weighted by Crippen LogP contribution is -2.15. The predicted octanol–water partition coefficient (Wildman–Crippen LogP) is 4.49. The Morgan fingerprint density at radius 2 is 1.62 bits per heavy atom. The predicted molar refractivity (Wildman–Crippen MR) is 113 cm³/mol. The zero-order valence-electron chi connectivity index (χ0n) is 16.6. The van der Waals surface area contributed by atoms with Crippen LogP contribution in [0.1, 0.15) is 17.3 Å². The van der Waals surface area contributed by atoms with Crippen molar-refractivity contribution in [3.05, 3.63) is 66.4 Å². The molecule has 150 valence electrons. The number of hydrogen-bond donors (Lipinski definition) is 2. The van der Waals surface area contributed by atoms with Crippen LogP contribution in [0.5, 0.6) is 17.2 Å². The maximum Gasteiger partial charge on any atom is 0.264 e. The fourth-order valence-corrected chi connectivity index (χ4v) is 2.80. The minimum atomic E-state index is -0.366. The fourth-order valence-electron chi connectivity index (χ4n) is 2.80. The summed E-state index contributed by atoms with van der Waals surface area (Å²) in [6, 6.07) is 16.4. The Kier molecular flexibility index (Phi) is 6.52. The highest BCUT2D eigenvalue weighted by atomic mass is 16.5. The SMILES string of the molecule is CCOc1ccccc1Nc1ccc(NC(=O)c2c(OC)cccc2OC)nc1. The van der Waals surface area contributed by atoms with E-state index in [0.717, 1.165) is 17.1 Å². The van der Waals surface area contributed by atoms with Gasteiger partial charge >= 0.3 is 0 Å². The van der Waals surface area contributed by atoms with Crippen LogP contribution in [0, 0.1) is 0 Å². The quantitative estimate of drug-likeness (QED) is 0.587. The number of methoxy groups -OCH3 is 2. The summed E-state index contributed by atoms with van der Waals surface area (Å²) >= 11 is 0. The molecule has 0 saturated carbocycles. The molecule has 0 fully saturated rings. The lowest BCUT2D eigenvalue weighted by Gasteiger charge is -2.14. The molecule has 7 heteroatoms. The third-order valence-corrected chi connectivity index (χ3v) is 4.13. The minimum Gasteiger partial charge on any atom is -0.496 e. The van der Waals surface area contributed by atoms with Gasteiger partial charge in [-0.15, -0.1) is 0 Å². The number of carbonyl (C=O) groups excluding carboxylic acids is 1. The summed E-state index contributed by atoms with van der Waals surface area (Å²) in [4.78, 5) is 17.0. The molecule has 29 heavy (non-hydrogen) atoms. The molecule has 1 heterocycles. The van der Waals surface area contributed by atoms with Crippen molar-refractivity contribution >= 4 is 23.1 Å². The number of nitrogens with one attached hydrogen (secondary N) is 2. The van der Waals surface area contributed by atoms with Gasteiger partial charge in [0, 0.05) is 0 Å². The average molecular weight is 393 g/mol. The van der Waals surface area contributed by atoms with Gasteiger partial charge in [-0.25, -0.2) is 4.98 Å². The van der Waals surface area contributed by atoms with Crippen molar-refractivity contribution in [2.75, 3.05) is 31.5 Å². The Labute approximate surface area is 169 Å². The number of pyridine rings is 1. The van der Waals surface area contributed by atoms with Crippen molar-refractivity contribution < 1.29 is 19.0 Å². The molecular weight excluding hydrogens is 370 g/mol. The van der Waals surface area contributed by atoms with E-state index in [0.29, 0.717) is 29.5 Å². The monoisotopic (exact) mass is 393 g/mol. The normalized spacial score (nSPS) is 10.2. The molecule has 2 aromatic carbocycles. The Morgan fingerprint density at radius 1 is 0.931 bits per heavy atom. The van der Waals surface area contributed by atoms with Crippen molar-refractivity contribution in [2.45, 2.75) is 6.92 Å². The van der Waals surface area contributed by atoms with E-state index in [1.54, 1.807) is 30.5 Å². The van der Waals surface area contributed by atoms with Crippen LogP contribution in [0.15, 0.2) is 60.8 Å². The molecule has 0 radical (unpaired) electrons. The van der Waals surface area contributed by atoms with Crippen LogP contribution >= 0.6 is 0 Å². The van der Waals surface area contributed by atoms with Crippen LogP contribution in [0.4, 0.5) is 17.2 Å². The smallest absolute Gasteiger partial charge is 0.264 e. The van der Waals surface area contributed by atoms with Crippen molar-refractivity contribution in [2.24, 2.45) is 0 Å². The summed E-state index contributed by atoms with van der Waals surface area (Å²) in [5.41, 5.74) is 1.92. The van der Waals surface area contributed by atoms with E-state index >= 15 is 0 Å². The van der Waals surface area contributed by atoms with Gasteiger partial charge in [-0.3, -0.25) is 4.79 Å². The summed E-state index contributed by atoms with van der Waals surface area (Å²) in [5.74, 6) is 1.65. The first-order chi connectivity index (χ1) is 14.2. The van der Waals surface area contributed by atoms with Crippen LogP contribution in [0.3, 0.4) is 0 Å². The molecule has 1 amide bonds. The average Bonchev–Trinajstić information content (AvgIpc) is 2.76. The summed E-state index contributed by atoms with van der Waals surface area (Å²) in [6.07, 6.45) is 1.64. The Bertz CT molecular complexity index is 952. The number of hydrogen-bond acceptors (Lipinski definition) is 6. The van der Waals surface area contributed by atoms with Crippen LogP contribution in [0.25, 0.3) is 0 Å². The number of rotatable bonds is 8. The molecule has 0 aliphatic heterocycles. The molecule has 0 aliphatic carbocycles. The molecule has 2 N–H and O–H groups in total. The number of carbonyl (C=O) groups is 1. The van der Waals surface area contributed by atoms with E-state index in [2.05, 4.69) is 15.6 Å². The first-order valence-electron chi connectivity index (χ1n) is 9.13. The Morgan fingerprint density at radius 3 is 2.24 bits per heavy atom. The fraction of sp³-hybridized carbons (Fsp3) is 0.182. The van der Waals surface area contributed by atoms with E-state index in [9.17, 15) is 4.79 Å². The number of benzene rings is 2. The van der Waals surface area contributed by atoms with Gasteiger partial charge in [0.25, 0.3) is 5.91 Å². The minimum absolute atomic E-state index is 0.312. The standard InChI is InChI=1S/C22H23N3O4/c1-4-29-17-9-6-5-8-16(17)24-15-12-13-20(23-14-15)25-22(26)21-18(27-2)10-7-11-19(21)28-3/h5-14,24H,4H2,1-3H3,(H,23,25,26). The van der Waals surface area contributed by atoms with Crippen molar-refractivity contribution in [1.82, 2.24) is 4.98 Å².